The highest BCUT2D eigenvalue weighted by Gasteiger charge is 2.17. The highest BCUT2D eigenvalue weighted by molar-refractivity contribution is 6.11. The maximum Gasteiger partial charge on any atom is 0.245 e. The third kappa shape index (κ3) is 2.05. The van der Waals surface area contributed by atoms with Crippen molar-refractivity contribution in [2.45, 2.75) is 12.8 Å². The molecule has 5 nitrogen and oxygen atoms in total. The van der Waals surface area contributed by atoms with Crippen molar-refractivity contribution in [1.29, 1.82) is 0 Å². The Bertz CT molecular complexity index is 245. The molecule has 0 aromatic carbocycles. The van der Waals surface area contributed by atoms with Crippen LogP contribution in [0.25, 0.3) is 0 Å². The van der Waals surface area contributed by atoms with Crippen LogP contribution in [-0.2, 0) is 9.59 Å². The Balaban J connectivity index is 2.43. The summed E-state index contributed by atoms with van der Waals surface area (Å²) in [4.78, 5) is 23.2. The molecule has 66 valence electrons. The maximum atomic E-state index is 11.1. The normalized spacial score (nSPS) is 15.5. The van der Waals surface area contributed by atoms with Gasteiger partial charge in [0.1, 0.15) is 0 Å². The van der Waals surface area contributed by atoms with Crippen LogP contribution < -0.4 is 5.43 Å². The van der Waals surface area contributed by atoms with E-state index < -0.39 is 0 Å². The first kappa shape index (κ1) is 8.70. The summed E-state index contributed by atoms with van der Waals surface area (Å²) in [5.74, 6) is -0.179. The number of nitrogens with zero attached hydrogens (tertiary/aromatic N) is 2. The van der Waals surface area contributed by atoms with Gasteiger partial charge < -0.3 is 4.90 Å². The summed E-state index contributed by atoms with van der Waals surface area (Å²) in [6, 6.07) is 0. The maximum absolute atomic E-state index is 11.1. The Morgan fingerprint density at radius 3 is 2.75 bits per heavy atom. The Labute approximate surface area is 70.4 Å². The summed E-state index contributed by atoms with van der Waals surface area (Å²) < 4.78 is 0. The largest absolute Gasteiger partial charge is 0.348 e. The van der Waals surface area contributed by atoms with Gasteiger partial charge in [0.2, 0.25) is 11.8 Å². The molecule has 0 aromatic rings. The van der Waals surface area contributed by atoms with Crippen LogP contribution >= 0.6 is 0 Å². The number of carbonyl (C=O) groups is 2. The van der Waals surface area contributed by atoms with Crippen molar-refractivity contribution in [3.63, 3.8) is 0 Å². The molecule has 1 rings (SSSR count). The number of hydrogen-bond donors (Lipinski definition) is 1. The van der Waals surface area contributed by atoms with Gasteiger partial charge in [0.25, 0.3) is 0 Å². The van der Waals surface area contributed by atoms with Gasteiger partial charge >= 0.3 is 0 Å². The lowest BCUT2D eigenvalue weighted by molar-refractivity contribution is -0.127. The summed E-state index contributed by atoms with van der Waals surface area (Å²) in [5.41, 5.74) is 2.90. The molecule has 0 fully saturated rings. The van der Waals surface area contributed by atoms with Crippen molar-refractivity contribution in [3.8, 4) is 0 Å². The van der Waals surface area contributed by atoms with Crippen LogP contribution in [0.3, 0.4) is 0 Å². The Hall–Kier alpha value is -1.39. The van der Waals surface area contributed by atoms with Crippen LogP contribution in [-0.4, -0.2) is 36.5 Å². The molecule has 1 aliphatic heterocycles. The van der Waals surface area contributed by atoms with Gasteiger partial charge in [-0.1, -0.05) is 0 Å². The molecule has 0 aliphatic carbocycles. The molecular weight excluding hydrogens is 158 g/mol. The van der Waals surface area contributed by atoms with Crippen molar-refractivity contribution >= 4 is 17.5 Å². The summed E-state index contributed by atoms with van der Waals surface area (Å²) in [6.45, 7) is 0. The lowest BCUT2D eigenvalue weighted by atomic mass is 10.2. The summed E-state index contributed by atoms with van der Waals surface area (Å²) in [7, 11) is 3.35. The van der Waals surface area contributed by atoms with E-state index in [1.807, 2.05) is 0 Å². The molecule has 5 heteroatoms. The van der Waals surface area contributed by atoms with E-state index in [1.165, 1.54) is 4.90 Å². The standard InChI is InChI=1S/C7H11N3O2/c1-10(2)7(12)4-5-3-6(11)9-8-5/h3-4H2,1-2H3,(H,9,11). The molecule has 12 heavy (non-hydrogen) atoms. The van der Waals surface area contributed by atoms with Gasteiger partial charge in [-0.05, 0) is 0 Å². The van der Waals surface area contributed by atoms with Crippen molar-refractivity contribution in [3.05, 3.63) is 0 Å². The molecule has 0 saturated carbocycles. The predicted molar refractivity (Wildman–Crippen MR) is 43.5 cm³/mol. The number of nitrogens with one attached hydrogen (secondary N) is 1. The lowest BCUT2D eigenvalue weighted by Gasteiger charge is -2.08. The van der Waals surface area contributed by atoms with Gasteiger partial charge in [-0.25, -0.2) is 5.43 Å². The number of amides is 2. The van der Waals surface area contributed by atoms with E-state index in [0.29, 0.717) is 5.71 Å². The Kier molecular flexibility index (Phi) is 2.42. The third-order valence-electron chi connectivity index (χ3n) is 1.56. The second-order valence-corrected chi connectivity index (χ2v) is 2.85. The topological polar surface area (TPSA) is 61.8 Å². The zero-order valence-electron chi connectivity index (χ0n) is 7.13. The average Bonchev–Trinajstić information content (AvgIpc) is 2.35. The van der Waals surface area contributed by atoms with Gasteiger partial charge in [-0.2, -0.15) is 5.10 Å². The van der Waals surface area contributed by atoms with Gasteiger partial charge in [-0.15, -0.1) is 0 Å². The second kappa shape index (κ2) is 3.34. The van der Waals surface area contributed by atoms with E-state index in [4.69, 9.17) is 0 Å². The molecule has 1 heterocycles. The minimum absolute atomic E-state index is 0.0368. The van der Waals surface area contributed by atoms with Crippen LogP contribution in [0.15, 0.2) is 5.10 Å². The lowest BCUT2D eigenvalue weighted by Crippen LogP contribution is -2.24. The van der Waals surface area contributed by atoms with E-state index in [1.54, 1.807) is 14.1 Å². The summed E-state index contributed by atoms with van der Waals surface area (Å²) in [6.07, 6.45) is 0.478. The van der Waals surface area contributed by atoms with Crippen LogP contribution in [0, 0.1) is 0 Å². The average molecular weight is 169 g/mol. The number of hydrogen-bond acceptors (Lipinski definition) is 3. The van der Waals surface area contributed by atoms with Gasteiger partial charge in [-0.3, -0.25) is 9.59 Å². The molecule has 0 radical (unpaired) electrons. The van der Waals surface area contributed by atoms with E-state index in [2.05, 4.69) is 10.5 Å². The zero-order valence-corrected chi connectivity index (χ0v) is 7.13. The first-order valence-corrected chi connectivity index (χ1v) is 3.64. The first-order valence-electron chi connectivity index (χ1n) is 3.64. The molecule has 2 amide bonds. The molecular formula is C7H11N3O2. The molecule has 0 atom stereocenters. The fourth-order valence-corrected chi connectivity index (χ4v) is 0.841. The highest BCUT2D eigenvalue weighted by atomic mass is 16.2. The molecule has 1 N–H and O–H groups in total. The molecule has 0 bridgehead atoms. The summed E-state index contributed by atoms with van der Waals surface area (Å²) in [5, 5.41) is 3.71. The molecule has 0 spiro atoms. The summed E-state index contributed by atoms with van der Waals surface area (Å²) >= 11 is 0. The van der Waals surface area contributed by atoms with Crippen molar-refractivity contribution in [1.82, 2.24) is 10.3 Å². The van der Waals surface area contributed by atoms with Crippen molar-refractivity contribution in [2.24, 2.45) is 5.10 Å². The fourth-order valence-electron chi connectivity index (χ4n) is 0.841. The van der Waals surface area contributed by atoms with Gasteiger partial charge in [0.15, 0.2) is 0 Å². The number of carbonyl (C=O) groups excluding carboxylic acids is 2. The van der Waals surface area contributed by atoms with Crippen LogP contribution in [0.4, 0.5) is 0 Å². The van der Waals surface area contributed by atoms with E-state index in [-0.39, 0.29) is 24.7 Å². The highest BCUT2D eigenvalue weighted by Crippen LogP contribution is 2.01. The van der Waals surface area contributed by atoms with Crippen LogP contribution in [0.1, 0.15) is 12.8 Å². The molecule has 0 aromatic heterocycles. The quantitative estimate of drug-likeness (QED) is 0.596. The molecule has 0 saturated heterocycles. The van der Waals surface area contributed by atoms with E-state index in [9.17, 15) is 9.59 Å². The second-order valence-electron chi connectivity index (χ2n) is 2.85. The Morgan fingerprint density at radius 2 is 2.33 bits per heavy atom. The van der Waals surface area contributed by atoms with Crippen LogP contribution in [0.2, 0.25) is 0 Å². The van der Waals surface area contributed by atoms with Crippen molar-refractivity contribution < 1.29 is 9.59 Å². The van der Waals surface area contributed by atoms with E-state index in [0.717, 1.165) is 0 Å². The van der Waals surface area contributed by atoms with Crippen molar-refractivity contribution in [2.75, 3.05) is 14.1 Å². The number of hydrazone groups is 1. The van der Waals surface area contributed by atoms with Gasteiger partial charge in [0.05, 0.1) is 18.6 Å². The Morgan fingerprint density at radius 1 is 1.67 bits per heavy atom. The fraction of sp³-hybridized carbons (Fsp3) is 0.571. The zero-order chi connectivity index (χ0) is 9.14. The van der Waals surface area contributed by atoms with Gasteiger partial charge in [0, 0.05) is 14.1 Å². The number of rotatable bonds is 2. The minimum Gasteiger partial charge on any atom is -0.348 e. The van der Waals surface area contributed by atoms with E-state index >= 15 is 0 Å². The monoisotopic (exact) mass is 169 g/mol. The smallest absolute Gasteiger partial charge is 0.245 e. The molecule has 1 aliphatic rings. The van der Waals surface area contributed by atoms with Crippen LogP contribution in [0.5, 0.6) is 0 Å². The predicted octanol–water partition coefficient (Wildman–Crippen LogP) is -0.659. The third-order valence-corrected chi connectivity index (χ3v) is 1.56. The molecule has 0 unspecified atom stereocenters. The SMILES string of the molecule is CN(C)C(=O)CC1=NNC(=O)C1. The first-order chi connectivity index (χ1) is 5.59. The minimum atomic E-state index is -0.142.